The van der Waals surface area contributed by atoms with E-state index in [1.165, 1.54) is 28.7 Å². The number of nitrogens with one attached hydrogen (secondary N) is 1. The van der Waals surface area contributed by atoms with Crippen molar-refractivity contribution < 1.29 is 23.9 Å². The predicted octanol–water partition coefficient (Wildman–Crippen LogP) is 3.19. The maximum Gasteiger partial charge on any atom is 0.415 e. The Morgan fingerprint density at radius 2 is 2.00 bits per heavy atom. The van der Waals surface area contributed by atoms with Crippen LogP contribution in [-0.2, 0) is 20.9 Å². The highest BCUT2D eigenvalue weighted by Gasteiger charge is 2.26. The summed E-state index contributed by atoms with van der Waals surface area (Å²) in [5, 5.41) is 7.19. The van der Waals surface area contributed by atoms with Gasteiger partial charge in [-0.25, -0.2) is 14.8 Å². The van der Waals surface area contributed by atoms with E-state index in [9.17, 15) is 14.4 Å². The van der Waals surface area contributed by atoms with Gasteiger partial charge in [-0.2, -0.15) is 9.61 Å². The molecule has 0 spiro atoms. The fourth-order valence-corrected chi connectivity index (χ4v) is 4.32. The molecule has 1 aliphatic heterocycles. The molecule has 1 atom stereocenters. The maximum absolute atomic E-state index is 13.1. The summed E-state index contributed by atoms with van der Waals surface area (Å²) in [5.41, 5.74) is 6.36. The minimum absolute atomic E-state index is 0.0216. The SMILES string of the molecule is C[C@H](COCc1cc(N)nc(N2CCCC2=O)c1)NC(=O)c1cnn2c(N(C)C(=O)OC(C)(C)C)cc(Cl)nc12. The summed E-state index contributed by atoms with van der Waals surface area (Å²) < 4.78 is 12.6. The second-order valence-corrected chi connectivity index (χ2v) is 11.0. The molecule has 4 rings (SSSR count). The van der Waals surface area contributed by atoms with Crippen LogP contribution in [0.15, 0.2) is 24.4 Å². The lowest BCUT2D eigenvalue weighted by molar-refractivity contribution is -0.117. The Bertz CT molecular complexity index is 1440. The van der Waals surface area contributed by atoms with Gasteiger partial charge in [0.05, 0.1) is 19.4 Å². The maximum atomic E-state index is 13.1. The highest BCUT2D eigenvalue weighted by atomic mass is 35.5. The van der Waals surface area contributed by atoms with Gasteiger partial charge in [-0.15, -0.1) is 0 Å². The molecule has 1 aliphatic rings. The van der Waals surface area contributed by atoms with Crippen molar-refractivity contribution in [2.24, 2.45) is 0 Å². The van der Waals surface area contributed by atoms with Crippen LogP contribution < -0.4 is 20.9 Å². The van der Waals surface area contributed by atoms with Gasteiger partial charge in [-0.05, 0) is 51.8 Å². The highest BCUT2D eigenvalue weighted by Crippen LogP contribution is 2.24. The Labute approximate surface area is 236 Å². The van der Waals surface area contributed by atoms with Gasteiger partial charge in [-0.1, -0.05) is 11.6 Å². The molecule has 0 aromatic carbocycles. The van der Waals surface area contributed by atoms with Crippen LogP contribution in [0.5, 0.6) is 0 Å². The molecule has 3 N–H and O–H groups in total. The predicted molar refractivity (Wildman–Crippen MR) is 149 cm³/mol. The Morgan fingerprint density at radius 1 is 1.25 bits per heavy atom. The average molecular weight is 573 g/mol. The third-order valence-electron chi connectivity index (χ3n) is 5.93. The first-order chi connectivity index (χ1) is 18.8. The molecule has 14 heteroatoms. The second-order valence-electron chi connectivity index (χ2n) is 10.6. The standard InChI is InChI=1S/C26H33ClN8O5/c1-15(13-39-14-16-9-19(28)32-20(10-16)34-8-6-7-22(34)36)30-24(37)17-12-29-35-21(11-18(27)31-23(17)35)33(5)25(38)40-26(2,3)4/h9-12,15H,6-8,13-14H2,1-5H3,(H2,28,32)(H,30,37)/t15-/m1/s1. The average Bonchev–Trinajstić information content (AvgIpc) is 3.47. The summed E-state index contributed by atoms with van der Waals surface area (Å²) in [6.45, 7) is 8.10. The zero-order chi connectivity index (χ0) is 29.2. The molecule has 3 amide bonds. The number of halogens is 1. The summed E-state index contributed by atoms with van der Waals surface area (Å²) in [6.07, 6.45) is 2.03. The van der Waals surface area contributed by atoms with Gasteiger partial charge in [-0.3, -0.25) is 19.4 Å². The van der Waals surface area contributed by atoms with Crippen molar-refractivity contribution in [2.75, 3.05) is 35.7 Å². The first-order valence-electron chi connectivity index (χ1n) is 12.8. The molecule has 3 aromatic rings. The Hall–Kier alpha value is -3.97. The number of carbonyl (C=O) groups is 3. The third kappa shape index (κ3) is 6.77. The molecule has 40 heavy (non-hydrogen) atoms. The first kappa shape index (κ1) is 29.0. The van der Waals surface area contributed by atoms with Crippen LogP contribution in [0.2, 0.25) is 5.15 Å². The van der Waals surface area contributed by atoms with Crippen LogP contribution in [-0.4, -0.2) is 69.3 Å². The number of amides is 3. The van der Waals surface area contributed by atoms with Gasteiger partial charge in [0.25, 0.3) is 5.91 Å². The van der Waals surface area contributed by atoms with E-state index >= 15 is 0 Å². The number of pyridine rings is 1. The molecular formula is C26H33ClN8O5. The number of hydrogen-bond donors (Lipinski definition) is 2. The topological polar surface area (TPSA) is 157 Å². The smallest absolute Gasteiger partial charge is 0.415 e. The summed E-state index contributed by atoms with van der Waals surface area (Å²) in [7, 11) is 1.52. The van der Waals surface area contributed by atoms with Crippen molar-refractivity contribution in [3.8, 4) is 0 Å². The fourth-order valence-electron chi connectivity index (χ4n) is 4.14. The Balaban J connectivity index is 1.40. The van der Waals surface area contributed by atoms with Gasteiger partial charge >= 0.3 is 6.09 Å². The second kappa shape index (κ2) is 11.6. The molecule has 0 aliphatic carbocycles. The van der Waals surface area contributed by atoms with Crippen LogP contribution in [0, 0.1) is 0 Å². The molecular weight excluding hydrogens is 540 g/mol. The number of fused-ring (bicyclic) bond motifs is 1. The van der Waals surface area contributed by atoms with Crippen LogP contribution in [0.4, 0.5) is 22.2 Å². The van der Waals surface area contributed by atoms with Crippen LogP contribution in [0.1, 0.15) is 56.5 Å². The summed E-state index contributed by atoms with van der Waals surface area (Å²) in [6, 6.07) is 4.56. The van der Waals surface area contributed by atoms with Gasteiger partial charge in [0.15, 0.2) is 5.65 Å². The molecule has 3 aromatic heterocycles. The minimum atomic E-state index is -0.701. The van der Waals surface area contributed by atoms with E-state index in [-0.39, 0.29) is 47.3 Å². The molecule has 0 unspecified atom stereocenters. The zero-order valence-electron chi connectivity index (χ0n) is 23.1. The van der Waals surface area contributed by atoms with Crippen molar-refractivity contribution in [3.63, 3.8) is 0 Å². The van der Waals surface area contributed by atoms with Crippen molar-refractivity contribution in [1.29, 1.82) is 0 Å². The quantitative estimate of drug-likeness (QED) is 0.387. The summed E-state index contributed by atoms with van der Waals surface area (Å²) in [5.74, 6) is 0.681. The van der Waals surface area contributed by atoms with Crippen molar-refractivity contribution >= 4 is 52.6 Å². The van der Waals surface area contributed by atoms with Crippen molar-refractivity contribution in [1.82, 2.24) is 24.9 Å². The van der Waals surface area contributed by atoms with E-state index in [0.717, 1.165) is 12.0 Å². The molecule has 214 valence electrons. The molecule has 1 saturated heterocycles. The number of nitrogens with zero attached hydrogens (tertiary/aromatic N) is 6. The van der Waals surface area contributed by atoms with Crippen molar-refractivity contribution in [3.05, 3.63) is 40.7 Å². The first-order valence-corrected chi connectivity index (χ1v) is 13.2. The van der Waals surface area contributed by atoms with Gasteiger partial charge < -0.3 is 20.5 Å². The number of rotatable bonds is 8. The lowest BCUT2D eigenvalue weighted by Gasteiger charge is -2.24. The number of hydrogen-bond acceptors (Lipinski definition) is 9. The van der Waals surface area contributed by atoms with E-state index < -0.39 is 17.6 Å². The Kier molecular flexibility index (Phi) is 8.45. The number of carbonyl (C=O) groups excluding carboxylic acids is 3. The molecule has 4 heterocycles. The molecule has 13 nitrogen and oxygen atoms in total. The largest absolute Gasteiger partial charge is 0.443 e. The van der Waals surface area contributed by atoms with Crippen LogP contribution >= 0.6 is 11.6 Å². The number of anilines is 3. The molecule has 0 radical (unpaired) electrons. The van der Waals surface area contributed by atoms with E-state index in [1.807, 2.05) is 0 Å². The zero-order valence-corrected chi connectivity index (χ0v) is 23.9. The number of nitrogens with two attached hydrogens (primary N) is 1. The van der Waals surface area contributed by atoms with Crippen molar-refractivity contribution in [2.45, 2.75) is 58.8 Å². The van der Waals surface area contributed by atoms with Gasteiger partial charge in [0.2, 0.25) is 5.91 Å². The summed E-state index contributed by atoms with van der Waals surface area (Å²) in [4.78, 5) is 49.1. The monoisotopic (exact) mass is 572 g/mol. The Morgan fingerprint density at radius 3 is 2.67 bits per heavy atom. The van der Waals surface area contributed by atoms with E-state index in [1.54, 1.807) is 44.7 Å². The molecule has 1 fully saturated rings. The third-order valence-corrected chi connectivity index (χ3v) is 6.13. The number of ether oxygens (including phenoxy) is 2. The van der Waals surface area contributed by atoms with Crippen LogP contribution in [0.25, 0.3) is 5.65 Å². The van der Waals surface area contributed by atoms with E-state index in [0.29, 0.717) is 24.6 Å². The minimum Gasteiger partial charge on any atom is -0.443 e. The van der Waals surface area contributed by atoms with Gasteiger partial charge in [0, 0.05) is 32.1 Å². The fraction of sp³-hybridized carbons (Fsp3) is 0.462. The van der Waals surface area contributed by atoms with E-state index in [2.05, 4.69) is 20.4 Å². The number of nitrogen functional groups attached to an aromatic ring is 1. The van der Waals surface area contributed by atoms with Crippen LogP contribution in [0.3, 0.4) is 0 Å². The molecule has 0 bridgehead atoms. The van der Waals surface area contributed by atoms with E-state index in [4.69, 9.17) is 26.8 Å². The summed E-state index contributed by atoms with van der Waals surface area (Å²) >= 11 is 6.23. The number of aromatic nitrogens is 4. The lowest BCUT2D eigenvalue weighted by atomic mass is 10.2. The lowest BCUT2D eigenvalue weighted by Crippen LogP contribution is -2.36. The normalized spacial score (nSPS) is 14.4. The highest BCUT2D eigenvalue weighted by molar-refractivity contribution is 6.30. The van der Waals surface area contributed by atoms with Gasteiger partial charge in [0.1, 0.15) is 33.8 Å². The molecule has 0 saturated carbocycles.